The zero-order valence-corrected chi connectivity index (χ0v) is 9.28. The van der Waals surface area contributed by atoms with Crippen molar-refractivity contribution in [1.29, 1.82) is 0 Å². The molecule has 1 fully saturated rings. The van der Waals surface area contributed by atoms with Crippen LogP contribution in [0, 0.1) is 11.8 Å². The van der Waals surface area contributed by atoms with Gasteiger partial charge in [-0.1, -0.05) is 11.8 Å². The molecule has 5 nitrogen and oxygen atoms in total. The van der Waals surface area contributed by atoms with Gasteiger partial charge in [-0.3, -0.25) is 14.6 Å². The summed E-state index contributed by atoms with van der Waals surface area (Å²) in [5, 5.41) is 0. The molecule has 0 aromatic carbocycles. The molecule has 0 N–H and O–H groups in total. The molecular formula is C10H15N3O2. The van der Waals surface area contributed by atoms with Gasteiger partial charge in [-0.05, 0) is 14.1 Å². The molecule has 0 unspecified atom stereocenters. The first-order valence-electron chi connectivity index (χ1n) is 4.68. The number of hydrogen-bond donors (Lipinski definition) is 0. The quantitative estimate of drug-likeness (QED) is 0.452. The number of urea groups is 1. The zero-order chi connectivity index (χ0) is 11.4. The zero-order valence-electron chi connectivity index (χ0n) is 9.28. The molecule has 1 aliphatic rings. The van der Waals surface area contributed by atoms with Gasteiger partial charge in [0.05, 0.1) is 13.1 Å². The van der Waals surface area contributed by atoms with Crippen molar-refractivity contribution in [3.8, 4) is 11.8 Å². The second-order valence-electron chi connectivity index (χ2n) is 3.71. The molecule has 1 saturated heterocycles. The minimum Gasteiger partial charge on any atom is -0.318 e. The first kappa shape index (κ1) is 11.5. The molecule has 3 amide bonds. The third kappa shape index (κ3) is 2.96. The fourth-order valence-corrected chi connectivity index (χ4v) is 1.17. The van der Waals surface area contributed by atoms with E-state index in [4.69, 9.17) is 0 Å². The molecule has 15 heavy (non-hydrogen) atoms. The van der Waals surface area contributed by atoms with Gasteiger partial charge < -0.3 is 4.90 Å². The molecule has 0 aromatic heterocycles. The second-order valence-corrected chi connectivity index (χ2v) is 3.71. The van der Waals surface area contributed by atoms with E-state index in [0.29, 0.717) is 6.54 Å². The largest absolute Gasteiger partial charge is 0.327 e. The van der Waals surface area contributed by atoms with Crippen molar-refractivity contribution in [2.24, 2.45) is 0 Å². The SMILES string of the molecule is CN(C)CC#CCN1C(=O)CN(C)C1=O. The van der Waals surface area contributed by atoms with Gasteiger partial charge in [0.2, 0.25) is 0 Å². The lowest BCUT2D eigenvalue weighted by Crippen LogP contribution is -2.31. The lowest BCUT2D eigenvalue weighted by Gasteiger charge is -2.09. The van der Waals surface area contributed by atoms with Gasteiger partial charge >= 0.3 is 6.03 Å². The van der Waals surface area contributed by atoms with Crippen LogP contribution in [-0.2, 0) is 4.79 Å². The number of likely N-dealkylation sites (N-methyl/N-ethyl adjacent to an activating group) is 1. The Bertz CT molecular complexity index is 327. The molecular weight excluding hydrogens is 194 g/mol. The number of carbonyl (C=O) groups is 2. The maximum Gasteiger partial charge on any atom is 0.327 e. The van der Waals surface area contributed by atoms with E-state index in [1.54, 1.807) is 7.05 Å². The predicted molar refractivity (Wildman–Crippen MR) is 56.1 cm³/mol. The summed E-state index contributed by atoms with van der Waals surface area (Å²) >= 11 is 0. The standard InChI is InChI=1S/C10H15N3O2/c1-11(2)6-4-5-7-13-9(14)8-12(3)10(13)15/h6-8H2,1-3H3. The van der Waals surface area contributed by atoms with E-state index in [9.17, 15) is 9.59 Å². The highest BCUT2D eigenvalue weighted by atomic mass is 16.2. The van der Waals surface area contributed by atoms with Crippen LogP contribution in [0.4, 0.5) is 4.79 Å². The number of carbonyl (C=O) groups excluding carboxylic acids is 2. The van der Waals surface area contributed by atoms with Crippen LogP contribution in [0.2, 0.25) is 0 Å². The van der Waals surface area contributed by atoms with Gasteiger partial charge in [0.1, 0.15) is 6.54 Å². The monoisotopic (exact) mass is 209 g/mol. The van der Waals surface area contributed by atoms with Crippen LogP contribution in [0.15, 0.2) is 0 Å². The molecule has 0 spiro atoms. The third-order valence-electron chi connectivity index (χ3n) is 1.99. The minimum atomic E-state index is -0.265. The molecule has 0 saturated carbocycles. The van der Waals surface area contributed by atoms with Crippen LogP contribution in [0.25, 0.3) is 0 Å². The number of rotatable bonds is 2. The Balaban J connectivity index is 2.47. The first-order chi connectivity index (χ1) is 7.02. The van der Waals surface area contributed by atoms with Gasteiger partial charge in [0.15, 0.2) is 0 Å². The topological polar surface area (TPSA) is 43.9 Å². The fourth-order valence-electron chi connectivity index (χ4n) is 1.17. The van der Waals surface area contributed by atoms with Crippen LogP contribution in [-0.4, -0.2) is 67.4 Å². The van der Waals surface area contributed by atoms with Crippen molar-refractivity contribution in [3.63, 3.8) is 0 Å². The lowest BCUT2D eigenvalue weighted by molar-refractivity contribution is -0.124. The van der Waals surface area contributed by atoms with Crippen molar-refractivity contribution >= 4 is 11.9 Å². The Morgan fingerprint density at radius 3 is 2.47 bits per heavy atom. The molecule has 0 radical (unpaired) electrons. The third-order valence-corrected chi connectivity index (χ3v) is 1.99. The van der Waals surface area contributed by atoms with E-state index >= 15 is 0 Å². The second kappa shape index (κ2) is 4.80. The highest BCUT2D eigenvalue weighted by Gasteiger charge is 2.32. The lowest BCUT2D eigenvalue weighted by atomic mass is 10.5. The summed E-state index contributed by atoms with van der Waals surface area (Å²) in [5.41, 5.74) is 0. The Hall–Kier alpha value is -1.54. The van der Waals surface area contributed by atoms with Crippen LogP contribution < -0.4 is 0 Å². The van der Waals surface area contributed by atoms with E-state index in [2.05, 4.69) is 11.8 Å². The molecule has 5 heteroatoms. The smallest absolute Gasteiger partial charge is 0.318 e. The highest BCUT2D eigenvalue weighted by molar-refractivity contribution is 6.02. The summed E-state index contributed by atoms with van der Waals surface area (Å²) in [5.74, 6) is 5.51. The Kier molecular flexibility index (Phi) is 3.69. The normalized spacial score (nSPS) is 16.0. The summed E-state index contributed by atoms with van der Waals surface area (Å²) < 4.78 is 0. The molecule has 1 rings (SSSR count). The molecule has 0 atom stereocenters. The average molecular weight is 209 g/mol. The van der Waals surface area contributed by atoms with E-state index < -0.39 is 0 Å². The van der Waals surface area contributed by atoms with Crippen LogP contribution in [0.3, 0.4) is 0 Å². The summed E-state index contributed by atoms with van der Waals surface area (Å²) in [6, 6.07) is -0.265. The molecule has 0 aliphatic carbocycles. The number of imide groups is 1. The maximum absolute atomic E-state index is 11.4. The van der Waals surface area contributed by atoms with Gasteiger partial charge in [-0.25, -0.2) is 4.79 Å². The van der Waals surface area contributed by atoms with Gasteiger partial charge in [0.25, 0.3) is 5.91 Å². The van der Waals surface area contributed by atoms with E-state index in [1.807, 2.05) is 19.0 Å². The van der Waals surface area contributed by atoms with Crippen molar-refractivity contribution < 1.29 is 9.59 Å². The number of nitrogens with zero attached hydrogens (tertiary/aromatic N) is 3. The summed E-state index contributed by atoms with van der Waals surface area (Å²) in [6.07, 6.45) is 0. The molecule has 0 aromatic rings. The van der Waals surface area contributed by atoms with Gasteiger partial charge in [-0.15, -0.1) is 0 Å². The molecule has 1 aliphatic heterocycles. The minimum absolute atomic E-state index is 0.161. The molecule has 0 bridgehead atoms. The van der Waals surface area contributed by atoms with Gasteiger partial charge in [-0.2, -0.15) is 0 Å². The molecule has 82 valence electrons. The van der Waals surface area contributed by atoms with Crippen molar-refractivity contribution in [1.82, 2.24) is 14.7 Å². The van der Waals surface area contributed by atoms with Crippen LogP contribution in [0.1, 0.15) is 0 Å². The summed E-state index contributed by atoms with van der Waals surface area (Å²) in [4.78, 5) is 27.2. The van der Waals surface area contributed by atoms with E-state index in [1.165, 1.54) is 9.80 Å². The van der Waals surface area contributed by atoms with Crippen LogP contribution >= 0.6 is 0 Å². The Morgan fingerprint density at radius 2 is 2.00 bits per heavy atom. The summed E-state index contributed by atoms with van der Waals surface area (Å²) in [6.45, 7) is 0.982. The number of amides is 3. The summed E-state index contributed by atoms with van der Waals surface area (Å²) in [7, 11) is 5.43. The Morgan fingerprint density at radius 1 is 1.33 bits per heavy atom. The van der Waals surface area contributed by atoms with Crippen molar-refractivity contribution in [2.75, 3.05) is 40.8 Å². The van der Waals surface area contributed by atoms with Crippen molar-refractivity contribution in [2.45, 2.75) is 0 Å². The Labute approximate surface area is 89.6 Å². The van der Waals surface area contributed by atoms with Gasteiger partial charge in [0, 0.05) is 7.05 Å². The van der Waals surface area contributed by atoms with E-state index in [-0.39, 0.29) is 25.0 Å². The fraction of sp³-hybridized carbons (Fsp3) is 0.600. The first-order valence-corrected chi connectivity index (χ1v) is 4.68. The van der Waals surface area contributed by atoms with Crippen LogP contribution in [0.5, 0.6) is 0 Å². The predicted octanol–water partition coefficient (Wildman–Crippen LogP) is -0.555. The molecule has 1 heterocycles. The number of hydrogen-bond acceptors (Lipinski definition) is 3. The average Bonchev–Trinajstić information content (AvgIpc) is 2.37. The van der Waals surface area contributed by atoms with Crippen molar-refractivity contribution in [3.05, 3.63) is 0 Å². The highest BCUT2D eigenvalue weighted by Crippen LogP contribution is 2.06. The van der Waals surface area contributed by atoms with E-state index in [0.717, 1.165) is 0 Å². The maximum atomic E-state index is 11.4.